The van der Waals surface area contributed by atoms with Crippen molar-refractivity contribution in [2.75, 3.05) is 26.7 Å². The zero-order valence-electron chi connectivity index (χ0n) is 12.3. The van der Waals surface area contributed by atoms with Gasteiger partial charge in [0.1, 0.15) is 0 Å². The van der Waals surface area contributed by atoms with Gasteiger partial charge in [0.25, 0.3) is 0 Å². The van der Waals surface area contributed by atoms with E-state index in [9.17, 15) is 4.79 Å². The van der Waals surface area contributed by atoms with Crippen LogP contribution in [-0.2, 0) is 16.0 Å². The van der Waals surface area contributed by atoms with Crippen LogP contribution in [-0.4, -0.2) is 38.7 Å². The molecule has 6 heteroatoms. The van der Waals surface area contributed by atoms with Crippen LogP contribution >= 0.6 is 11.3 Å². The van der Waals surface area contributed by atoms with Crippen LogP contribution in [0.25, 0.3) is 0 Å². The maximum Gasteiger partial charge on any atom is 0.310 e. The molecule has 0 aliphatic heterocycles. The van der Waals surface area contributed by atoms with E-state index >= 15 is 0 Å². The molecular weight excluding hydrogens is 274 g/mol. The summed E-state index contributed by atoms with van der Waals surface area (Å²) in [4.78, 5) is 17.1. The van der Waals surface area contributed by atoms with E-state index in [0.29, 0.717) is 6.54 Å². The number of esters is 1. The van der Waals surface area contributed by atoms with Gasteiger partial charge in [-0.3, -0.25) is 9.79 Å². The van der Waals surface area contributed by atoms with E-state index in [-0.39, 0.29) is 11.9 Å². The average Bonchev–Trinajstić information content (AvgIpc) is 2.96. The SMILES string of the molecule is CCNC(=NCC(C)C(=O)OC)NCCc1cccs1. The van der Waals surface area contributed by atoms with E-state index < -0.39 is 0 Å². The Morgan fingerprint density at radius 2 is 2.30 bits per heavy atom. The molecule has 2 N–H and O–H groups in total. The highest BCUT2D eigenvalue weighted by molar-refractivity contribution is 7.09. The number of hydrogen-bond acceptors (Lipinski definition) is 4. The van der Waals surface area contributed by atoms with Gasteiger partial charge in [0.15, 0.2) is 5.96 Å². The van der Waals surface area contributed by atoms with Gasteiger partial charge in [-0.15, -0.1) is 11.3 Å². The Morgan fingerprint density at radius 3 is 2.90 bits per heavy atom. The van der Waals surface area contributed by atoms with Gasteiger partial charge in [-0.1, -0.05) is 13.0 Å². The highest BCUT2D eigenvalue weighted by Crippen LogP contribution is 2.08. The van der Waals surface area contributed by atoms with Crippen molar-refractivity contribution >= 4 is 23.3 Å². The second-order valence-electron chi connectivity index (χ2n) is 4.40. The van der Waals surface area contributed by atoms with E-state index in [1.165, 1.54) is 12.0 Å². The molecule has 0 fully saturated rings. The Kier molecular flexibility index (Phi) is 7.72. The van der Waals surface area contributed by atoms with Crippen LogP contribution in [0, 0.1) is 5.92 Å². The summed E-state index contributed by atoms with van der Waals surface area (Å²) in [6, 6.07) is 4.17. The molecule has 1 rings (SSSR count). The van der Waals surface area contributed by atoms with Crippen molar-refractivity contribution in [3.63, 3.8) is 0 Å². The van der Waals surface area contributed by atoms with E-state index in [2.05, 4.69) is 37.9 Å². The van der Waals surface area contributed by atoms with Gasteiger partial charge in [0.2, 0.25) is 0 Å². The number of carbonyl (C=O) groups excluding carboxylic acids is 1. The molecule has 0 aromatic carbocycles. The maximum atomic E-state index is 11.3. The molecule has 1 aromatic heterocycles. The van der Waals surface area contributed by atoms with E-state index in [4.69, 9.17) is 0 Å². The molecular formula is C14H23N3O2S. The minimum Gasteiger partial charge on any atom is -0.469 e. The molecule has 0 saturated heterocycles. The second-order valence-corrected chi connectivity index (χ2v) is 5.43. The summed E-state index contributed by atoms with van der Waals surface area (Å²) >= 11 is 1.75. The van der Waals surface area contributed by atoms with Crippen LogP contribution in [0.3, 0.4) is 0 Å². The molecule has 0 amide bonds. The lowest BCUT2D eigenvalue weighted by Crippen LogP contribution is -2.38. The number of hydrogen-bond donors (Lipinski definition) is 2. The summed E-state index contributed by atoms with van der Waals surface area (Å²) in [5, 5.41) is 8.51. The Bertz CT molecular complexity index is 418. The molecule has 0 bridgehead atoms. The summed E-state index contributed by atoms with van der Waals surface area (Å²) in [6.45, 7) is 5.85. The smallest absolute Gasteiger partial charge is 0.310 e. The van der Waals surface area contributed by atoms with Crippen LogP contribution < -0.4 is 10.6 Å². The van der Waals surface area contributed by atoms with Crippen molar-refractivity contribution in [1.29, 1.82) is 0 Å². The van der Waals surface area contributed by atoms with E-state index in [0.717, 1.165) is 25.5 Å². The van der Waals surface area contributed by atoms with Crippen molar-refractivity contribution in [3.05, 3.63) is 22.4 Å². The summed E-state index contributed by atoms with van der Waals surface area (Å²) in [5.74, 6) is 0.274. The molecule has 112 valence electrons. The normalized spacial score (nSPS) is 12.8. The molecule has 1 aromatic rings. The number of carbonyl (C=O) groups is 1. The molecule has 5 nitrogen and oxygen atoms in total. The summed E-state index contributed by atoms with van der Waals surface area (Å²) in [6.07, 6.45) is 0.967. The third kappa shape index (κ3) is 6.06. The summed E-state index contributed by atoms with van der Waals surface area (Å²) in [7, 11) is 1.40. The Hall–Kier alpha value is -1.56. The molecule has 0 aliphatic carbocycles. The molecule has 1 unspecified atom stereocenters. The third-order valence-corrected chi connectivity index (χ3v) is 3.65. The fraction of sp³-hybridized carbons (Fsp3) is 0.571. The zero-order valence-corrected chi connectivity index (χ0v) is 13.1. The van der Waals surface area contributed by atoms with Gasteiger partial charge in [-0.25, -0.2) is 0 Å². The Morgan fingerprint density at radius 1 is 1.50 bits per heavy atom. The van der Waals surface area contributed by atoms with Gasteiger partial charge in [0.05, 0.1) is 19.6 Å². The average molecular weight is 297 g/mol. The van der Waals surface area contributed by atoms with Crippen molar-refractivity contribution < 1.29 is 9.53 Å². The minimum absolute atomic E-state index is 0.229. The zero-order chi connectivity index (χ0) is 14.8. The monoisotopic (exact) mass is 297 g/mol. The van der Waals surface area contributed by atoms with Crippen molar-refractivity contribution in [2.45, 2.75) is 20.3 Å². The molecule has 20 heavy (non-hydrogen) atoms. The third-order valence-electron chi connectivity index (χ3n) is 2.71. The first-order chi connectivity index (χ1) is 9.67. The van der Waals surface area contributed by atoms with E-state index in [1.807, 2.05) is 13.8 Å². The standard InChI is InChI=1S/C14H23N3O2S/c1-4-15-14(17-10-11(2)13(18)19-3)16-8-7-12-6-5-9-20-12/h5-6,9,11H,4,7-8,10H2,1-3H3,(H2,15,16,17). The van der Waals surface area contributed by atoms with Gasteiger partial charge < -0.3 is 15.4 Å². The van der Waals surface area contributed by atoms with Gasteiger partial charge >= 0.3 is 5.97 Å². The van der Waals surface area contributed by atoms with Gasteiger partial charge in [-0.2, -0.15) is 0 Å². The number of rotatable bonds is 7. The van der Waals surface area contributed by atoms with Gasteiger partial charge in [0, 0.05) is 18.0 Å². The minimum atomic E-state index is -0.233. The highest BCUT2D eigenvalue weighted by atomic mass is 32.1. The largest absolute Gasteiger partial charge is 0.469 e. The number of methoxy groups -OCH3 is 1. The Labute approximate surface area is 124 Å². The van der Waals surface area contributed by atoms with Crippen LogP contribution in [0.5, 0.6) is 0 Å². The van der Waals surface area contributed by atoms with Crippen molar-refractivity contribution in [2.24, 2.45) is 10.9 Å². The van der Waals surface area contributed by atoms with E-state index in [1.54, 1.807) is 11.3 Å². The van der Waals surface area contributed by atoms with Crippen molar-refractivity contribution in [3.8, 4) is 0 Å². The van der Waals surface area contributed by atoms with Crippen LogP contribution in [0.15, 0.2) is 22.5 Å². The number of ether oxygens (including phenoxy) is 1. The van der Waals surface area contributed by atoms with Crippen LogP contribution in [0.4, 0.5) is 0 Å². The van der Waals surface area contributed by atoms with Gasteiger partial charge in [-0.05, 0) is 24.8 Å². The molecule has 1 heterocycles. The molecule has 0 radical (unpaired) electrons. The number of thiophene rings is 1. The summed E-state index contributed by atoms with van der Waals surface area (Å²) in [5.41, 5.74) is 0. The number of nitrogens with one attached hydrogen (secondary N) is 2. The number of guanidine groups is 1. The molecule has 0 saturated carbocycles. The predicted octanol–water partition coefficient (Wildman–Crippen LogP) is 1.65. The predicted molar refractivity (Wildman–Crippen MR) is 83.2 cm³/mol. The topological polar surface area (TPSA) is 62.7 Å². The first kappa shape index (κ1) is 16.5. The summed E-state index contributed by atoms with van der Waals surface area (Å²) < 4.78 is 4.69. The lowest BCUT2D eigenvalue weighted by Gasteiger charge is -2.12. The Balaban J connectivity index is 2.40. The molecule has 0 aliphatic rings. The number of aliphatic imine (C=N–C) groups is 1. The highest BCUT2D eigenvalue weighted by Gasteiger charge is 2.12. The first-order valence-electron chi connectivity index (χ1n) is 6.79. The molecule has 1 atom stereocenters. The first-order valence-corrected chi connectivity index (χ1v) is 7.67. The maximum absolute atomic E-state index is 11.3. The quantitative estimate of drug-likeness (QED) is 0.456. The van der Waals surface area contributed by atoms with Crippen LogP contribution in [0.2, 0.25) is 0 Å². The fourth-order valence-corrected chi connectivity index (χ4v) is 2.31. The fourth-order valence-electron chi connectivity index (χ4n) is 1.60. The number of nitrogens with zero attached hydrogens (tertiary/aromatic N) is 1. The van der Waals surface area contributed by atoms with Crippen molar-refractivity contribution in [1.82, 2.24) is 10.6 Å². The lowest BCUT2D eigenvalue weighted by molar-refractivity contribution is -0.144. The second kappa shape index (κ2) is 9.36. The molecule has 0 spiro atoms. The van der Waals surface area contributed by atoms with Crippen LogP contribution in [0.1, 0.15) is 18.7 Å². The lowest BCUT2D eigenvalue weighted by atomic mass is 10.2.